The van der Waals surface area contributed by atoms with Crippen molar-refractivity contribution in [2.24, 2.45) is 11.8 Å². The highest BCUT2D eigenvalue weighted by Crippen LogP contribution is 2.25. The normalized spacial score (nSPS) is 18.9. The number of pyridine rings is 1. The standard InChI is InChI=1S/C74H111N17O21/c1-51(89-33-29-85(47-67(101)102)25-21-83(45-65(97)98)22-26-86(30-34-89)48-68(103)104)71(109)79-42-61(92)78-41-60(81-62(93)43-80-72(110)52(2)90-35-31-87(49-69(105)106)27-23-84(46-66(99)100)24-28-88(32-36-90)50-70(107)108)74(112)77-17-3-5-53-7-9-54(10-8-53)11-12-56-37-58(40-76-39-56)59(38-64(95)96)82-73(111)57-6-4-20-91(44-57)63(94)14-13-55-15-18-75-19-16-55/h7-10,37,39-40,51-52,55,57,59-60,75H,3-6,13-36,38,41-50H2,1-2H3,(H,77,112)(H,78,92)(H,79,109)(H,80,110)(H,81,93)(H,82,111)(H,95,96)(H,97,98)(H,99,100)(H,101,102)(H,103,104)(H,105,106)(H,107,108). The van der Waals surface area contributed by atoms with E-state index in [-0.39, 0.29) is 143 Å². The van der Waals surface area contributed by atoms with Gasteiger partial charge in [-0.3, -0.25) is 111 Å². The van der Waals surface area contributed by atoms with E-state index in [2.05, 4.69) is 54.0 Å². The van der Waals surface area contributed by atoms with Gasteiger partial charge < -0.3 is 77.9 Å². The van der Waals surface area contributed by atoms with Gasteiger partial charge in [-0.05, 0) is 107 Å². The number of amides is 7. The molecular formula is C74H111N17O21. The third-order valence-electron chi connectivity index (χ3n) is 20.2. The minimum atomic E-state index is -1.47. The van der Waals surface area contributed by atoms with Crippen LogP contribution in [0.1, 0.15) is 93.5 Å². The van der Waals surface area contributed by atoms with E-state index in [9.17, 15) is 103 Å². The first-order valence-corrected chi connectivity index (χ1v) is 38.0. The summed E-state index contributed by atoms with van der Waals surface area (Å²) in [5.41, 5.74) is 2.38. The zero-order chi connectivity index (χ0) is 81.7. The molecule has 4 aliphatic heterocycles. The van der Waals surface area contributed by atoms with Crippen molar-refractivity contribution in [2.75, 3.05) is 196 Å². The Balaban J connectivity index is 1.09. The van der Waals surface area contributed by atoms with E-state index < -0.39 is 154 Å². The summed E-state index contributed by atoms with van der Waals surface area (Å²) in [5.74, 6) is -5.83. The van der Waals surface area contributed by atoms with Crippen LogP contribution in [-0.2, 0) is 73.5 Å². The van der Waals surface area contributed by atoms with Gasteiger partial charge >= 0.3 is 41.8 Å². The number of carbonyl (C=O) groups excluding carboxylic acids is 7. The Hall–Kier alpha value is -9.85. The van der Waals surface area contributed by atoms with E-state index >= 15 is 0 Å². The second-order valence-electron chi connectivity index (χ2n) is 28.7. The van der Waals surface area contributed by atoms with Crippen LogP contribution in [0.5, 0.6) is 0 Å². The van der Waals surface area contributed by atoms with Gasteiger partial charge in [0, 0.05) is 161 Å². The summed E-state index contributed by atoms with van der Waals surface area (Å²) in [5, 5.41) is 87.1. The van der Waals surface area contributed by atoms with Crippen LogP contribution in [-0.4, -0.2) is 382 Å². The van der Waals surface area contributed by atoms with Gasteiger partial charge in [0.2, 0.25) is 41.4 Å². The summed E-state index contributed by atoms with van der Waals surface area (Å²) in [4.78, 5) is 198. The average molecular weight is 1570 g/mol. The highest BCUT2D eigenvalue weighted by molar-refractivity contribution is 5.92. The number of aliphatic carboxylic acids is 7. The zero-order valence-corrected chi connectivity index (χ0v) is 63.9. The molecule has 1 aromatic heterocycles. The Morgan fingerprint density at radius 3 is 1.40 bits per heavy atom. The van der Waals surface area contributed by atoms with Crippen LogP contribution >= 0.6 is 0 Å². The third kappa shape index (κ3) is 34.8. The first-order valence-electron chi connectivity index (χ1n) is 38.0. The van der Waals surface area contributed by atoms with E-state index in [1.165, 1.54) is 19.3 Å². The Bertz CT molecular complexity index is 3510. The van der Waals surface area contributed by atoms with Gasteiger partial charge in [-0.1, -0.05) is 24.0 Å². The Kier molecular flexibility index (Phi) is 39.1. The summed E-state index contributed by atoms with van der Waals surface area (Å²) in [6.45, 7) is 3.70. The van der Waals surface area contributed by atoms with Crippen molar-refractivity contribution in [3.05, 3.63) is 65.0 Å². The van der Waals surface area contributed by atoms with Crippen molar-refractivity contribution in [1.29, 1.82) is 0 Å². The Morgan fingerprint density at radius 2 is 0.946 bits per heavy atom. The van der Waals surface area contributed by atoms with Crippen molar-refractivity contribution in [1.82, 2.24) is 86.3 Å². The van der Waals surface area contributed by atoms with Gasteiger partial charge in [0.05, 0.1) is 82.8 Å². The molecule has 0 spiro atoms. The maximum atomic E-state index is 14.1. The summed E-state index contributed by atoms with van der Waals surface area (Å²) < 4.78 is 0. The highest BCUT2D eigenvalue weighted by Gasteiger charge is 2.33. The lowest BCUT2D eigenvalue weighted by atomic mass is 9.92. The number of hydrogen-bond donors (Lipinski definition) is 14. The van der Waals surface area contributed by atoms with E-state index in [4.69, 9.17) is 0 Å². The number of nitrogens with zero attached hydrogens (tertiary/aromatic N) is 10. The molecule has 0 aliphatic carbocycles. The number of rotatable bonds is 36. The van der Waals surface area contributed by atoms with Gasteiger partial charge in [-0.2, -0.15) is 0 Å². The largest absolute Gasteiger partial charge is 0.481 e. The van der Waals surface area contributed by atoms with Gasteiger partial charge in [-0.15, -0.1) is 0 Å². The lowest BCUT2D eigenvalue weighted by molar-refractivity contribution is -0.141. The van der Waals surface area contributed by atoms with Crippen molar-refractivity contribution in [2.45, 2.75) is 95.8 Å². The number of hydrogen-bond acceptors (Lipinski definition) is 24. The van der Waals surface area contributed by atoms with Gasteiger partial charge in [0.1, 0.15) is 6.04 Å². The van der Waals surface area contributed by atoms with Crippen molar-refractivity contribution in [3.63, 3.8) is 0 Å². The second-order valence-corrected chi connectivity index (χ2v) is 28.7. The minimum absolute atomic E-state index is 0.0218. The molecule has 2 aromatic rings. The Labute approximate surface area is 650 Å². The zero-order valence-electron chi connectivity index (χ0n) is 63.9. The number of carboxylic acid groups (broad SMARTS) is 7. The Morgan fingerprint density at radius 1 is 0.500 bits per heavy atom. The molecule has 0 saturated carbocycles. The van der Waals surface area contributed by atoms with E-state index in [0.29, 0.717) is 61.3 Å². The smallest absolute Gasteiger partial charge is 0.317 e. The fourth-order valence-corrected chi connectivity index (χ4v) is 13.7. The summed E-state index contributed by atoms with van der Waals surface area (Å²) >= 11 is 0. The number of carbonyl (C=O) groups is 14. The molecule has 38 nitrogen and oxygen atoms in total. The molecule has 38 heteroatoms. The van der Waals surface area contributed by atoms with E-state index in [1.807, 2.05) is 12.1 Å². The van der Waals surface area contributed by atoms with E-state index in [1.54, 1.807) is 69.2 Å². The first-order chi connectivity index (χ1) is 53.4. The predicted molar refractivity (Wildman–Crippen MR) is 403 cm³/mol. The van der Waals surface area contributed by atoms with Crippen molar-refractivity contribution in [3.8, 4) is 11.8 Å². The van der Waals surface area contributed by atoms with Crippen LogP contribution in [0.3, 0.4) is 0 Å². The van der Waals surface area contributed by atoms with Gasteiger partial charge in [-0.25, -0.2) is 0 Å². The molecule has 4 fully saturated rings. The summed E-state index contributed by atoms with van der Waals surface area (Å²) in [6, 6.07) is 4.58. The maximum Gasteiger partial charge on any atom is 0.317 e. The molecule has 0 radical (unpaired) electrons. The fourth-order valence-electron chi connectivity index (χ4n) is 13.7. The molecule has 618 valence electrons. The number of benzene rings is 1. The average Bonchev–Trinajstić information content (AvgIpc) is 0.838. The quantitative estimate of drug-likeness (QED) is 0.0227. The van der Waals surface area contributed by atoms with Crippen LogP contribution in [0, 0.1) is 23.7 Å². The number of aryl methyl sites for hydroxylation is 1. The predicted octanol–water partition coefficient (Wildman–Crippen LogP) is -4.26. The molecule has 4 aliphatic rings. The molecular weight excluding hydrogens is 1460 g/mol. The maximum absolute atomic E-state index is 14.1. The van der Waals surface area contributed by atoms with Crippen molar-refractivity contribution >= 4 is 83.1 Å². The topological polar surface area (TPSA) is 507 Å². The van der Waals surface area contributed by atoms with Gasteiger partial charge in [0.15, 0.2) is 0 Å². The van der Waals surface area contributed by atoms with E-state index in [0.717, 1.165) is 37.9 Å². The molecule has 6 rings (SSSR count). The number of nitrogens with one attached hydrogen (secondary N) is 7. The molecule has 112 heavy (non-hydrogen) atoms. The molecule has 5 atom stereocenters. The second kappa shape index (κ2) is 48.2. The molecule has 0 bridgehead atoms. The van der Waals surface area contributed by atoms with Crippen LogP contribution < -0.4 is 37.2 Å². The molecule has 1 aromatic carbocycles. The number of piperidine rings is 2. The summed E-state index contributed by atoms with van der Waals surface area (Å²) in [7, 11) is 0. The summed E-state index contributed by atoms with van der Waals surface area (Å²) in [6.07, 6.45) is 7.90. The minimum Gasteiger partial charge on any atom is -0.481 e. The molecule has 5 heterocycles. The fraction of sp³-hybridized carbons (Fsp3) is 0.635. The van der Waals surface area contributed by atoms with Crippen LogP contribution in [0.2, 0.25) is 0 Å². The SMILES string of the molecule is CC(C(=O)NCC(=O)NCC(NC(=O)CNC(=O)C(C)N1CCN(CC(=O)O)CCN(CC(=O)O)CCN(CC(=O)O)CC1)C(=O)NCCCc1ccc(C#Cc2cncc(C(CC(=O)O)NC(=O)C3CCCN(C(=O)CCC4CCNCC4)C3)c2)cc1)N1CCN(CC(=O)O)CCN(CC(=O)O)CCN(CC(=O)O)CC1. The van der Waals surface area contributed by atoms with Crippen LogP contribution in [0.15, 0.2) is 42.7 Å². The number of likely N-dealkylation sites (tertiary alicyclic amines) is 1. The molecule has 14 N–H and O–H groups in total. The molecule has 4 saturated heterocycles. The number of carboxylic acids is 7. The lowest BCUT2D eigenvalue weighted by Gasteiger charge is -2.35. The lowest BCUT2D eigenvalue weighted by Crippen LogP contribution is -2.56. The highest BCUT2D eigenvalue weighted by atomic mass is 16.4. The molecule has 7 amide bonds. The van der Waals surface area contributed by atoms with Crippen LogP contribution in [0.4, 0.5) is 0 Å². The number of aromatic nitrogens is 1. The first kappa shape index (κ1) is 91.0. The third-order valence-corrected chi connectivity index (χ3v) is 20.2. The monoisotopic (exact) mass is 1570 g/mol. The van der Waals surface area contributed by atoms with Crippen molar-refractivity contribution < 1.29 is 103 Å². The molecule has 5 unspecified atom stereocenters. The van der Waals surface area contributed by atoms with Gasteiger partial charge in [0.25, 0.3) is 0 Å². The van der Waals surface area contributed by atoms with Crippen LogP contribution in [0.25, 0.3) is 0 Å².